The average Bonchev–Trinajstić information content (AvgIpc) is 2.84. The first-order valence-electron chi connectivity index (χ1n) is 12.1. The third kappa shape index (κ3) is 9.13. The summed E-state index contributed by atoms with van der Waals surface area (Å²) in [6, 6.07) is 12.1. The van der Waals surface area contributed by atoms with E-state index < -0.39 is 23.4 Å². The van der Waals surface area contributed by atoms with E-state index in [1.54, 1.807) is 25.3 Å². The van der Waals surface area contributed by atoms with E-state index in [4.69, 9.17) is 0 Å². The van der Waals surface area contributed by atoms with Crippen LogP contribution in [0.5, 0.6) is 0 Å². The number of aromatic nitrogens is 1. The maximum atomic E-state index is 13.3. The minimum absolute atomic E-state index is 0.302. The van der Waals surface area contributed by atoms with Crippen LogP contribution in [-0.4, -0.2) is 45.6 Å². The van der Waals surface area contributed by atoms with Crippen LogP contribution in [0.2, 0.25) is 0 Å². The number of anilines is 1. The van der Waals surface area contributed by atoms with Gasteiger partial charge in [0.25, 0.3) is 0 Å². The summed E-state index contributed by atoms with van der Waals surface area (Å²) in [6.45, 7) is 7.23. The van der Waals surface area contributed by atoms with Crippen LogP contribution in [0.4, 0.5) is 5.69 Å². The number of amides is 3. The van der Waals surface area contributed by atoms with Crippen LogP contribution in [0, 0.1) is 11.3 Å². The monoisotopic (exact) mass is 482 g/mol. The molecule has 3 amide bonds. The van der Waals surface area contributed by atoms with Gasteiger partial charge in [-0.05, 0) is 49.3 Å². The highest BCUT2D eigenvalue weighted by Gasteiger charge is 2.36. The van der Waals surface area contributed by atoms with Gasteiger partial charge in [0.2, 0.25) is 18.2 Å². The molecular formula is C27H38N4O4. The number of nitrogens with zero attached hydrogens (tertiary/aromatic N) is 2. The summed E-state index contributed by atoms with van der Waals surface area (Å²) >= 11 is 0. The number of carbonyl (C=O) groups is 3. The summed E-state index contributed by atoms with van der Waals surface area (Å²) in [4.78, 5) is 41.6. The van der Waals surface area contributed by atoms with Crippen LogP contribution < -0.4 is 10.6 Å². The van der Waals surface area contributed by atoms with E-state index in [-0.39, 0.29) is 11.8 Å². The molecule has 8 heteroatoms. The molecule has 1 heterocycles. The van der Waals surface area contributed by atoms with Gasteiger partial charge in [0.1, 0.15) is 6.04 Å². The molecule has 0 aliphatic carbocycles. The molecule has 3 atom stereocenters. The molecular weight excluding hydrogens is 444 g/mol. The van der Waals surface area contributed by atoms with Crippen molar-refractivity contribution < 1.29 is 19.6 Å². The molecule has 1 aromatic carbocycles. The van der Waals surface area contributed by atoms with Gasteiger partial charge < -0.3 is 10.6 Å². The predicted octanol–water partition coefficient (Wildman–Crippen LogP) is 4.21. The fraction of sp³-hybridized carbons (Fsp3) is 0.481. The summed E-state index contributed by atoms with van der Waals surface area (Å²) in [5.41, 5.74) is 1.23. The Labute approximate surface area is 208 Å². The smallest absolute Gasteiger partial charge is 0.247 e. The van der Waals surface area contributed by atoms with Crippen molar-refractivity contribution >= 4 is 23.9 Å². The molecule has 8 nitrogen and oxygen atoms in total. The van der Waals surface area contributed by atoms with Crippen molar-refractivity contribution in [2.24, 2.45) is 11.3 Å². The van der Waals surface area contributed by atoms with E-state index in [1.807, 2.05) is 39.0 Å². The largest absolute Gasteiger partial charge is 0.343 e. The lowest BCUT2D eigenvalue weighted by Gasteiger charge is -2.33. The van der Waals surface area contributed by atoms with Gasteiger partial charge in [0.05, 0.1) is 23.8 Å². The second-order valence-corrected chi connectivity index (χ2v) is 9.96. The summed E-state index contributed by atoms with van der Waals surface area (Å²) in [5, 5.41) is 16.2. The van der Waals surface area contributed by atoms with Crippen LogP contribution >= 0.6 is 0 Å². The highest BCUT2D eigenvalue weighted by atomic mass is 16.5. The Morgan fingerprint density at radius 3 is 2.37 bits per heavy atom. The Morgan fingerprint density at radius 2 is 1.77 bits per heavy atom. The normalized spacial score (nSPS) is 13.9. The third-order valence-electron chi connectivity index (χ3n) is 6.11. The highest BCUT2D eigenvalue weighted by Crippen LogP contribution is 2.24. The van der Waals surface area contributed by atoms with Gasteiger partial charge in [-0.1, -0.05) is 63.9 Å². The molecule has 190 valence electrons. The molecule has 2 aromatic rings. The van der Waals surface area contributed by atoms with E-state index in [0.29, 0.717) is 23.6 Å². The van der Waals surface area contributed by atoms with E-state index in [2.05, 4.69) is 27.8 Å². The summed E-state index contributed by atoms with van der Waals surface area (Å²) in [5.74, 6) is -1.40. The number of hydroxylamine groups is 2. The van der Waals surface area contributed by atoms with Gasteiger partial charge in [-0.15, -0.1) is 0 Å². The quantitative estimate of drug-likeness (QED) is 0.171. The Bertz CT molecular complexity index is 931. The molecule has 0 saturated carbocycles. The van der Waals surface area contributed by atoms with Gasteiger partial charge >= 0.3 is 0 Å². The van der Waals surface area contributed by atoms with Crippen molar-refractivity contribution in [2.75, 3.05) is 5.32 Å². The molecule has 0 spiro atoms. The number of hydrogen-bond donors (Lipinski definition) is 3. The van der Waals surface area contributed by atoms with Crippen molar-refractivity contribution in [3.63, 3.8) is 0 Å². The molecule has 1 aromatic heterocycles. The van der Waals surface area contributed by atoms with Crippen LogP contribution in [0.25, 0.3) is 0 Å². The topological polar surface area (TPSA) is 112 Å². The van der Waals surface area contributed by atoms with Gasteiger partial charge in [-0.3, -0.25) is 24.6 Å². The van der Waals surface area contributed by atoms with E-state index in [0.717, 1.165) is 25.7 Å². The van der Waals surface area contributed by atoms with Gasteiger partial charge in [0.15, 0.2) is 0 Å². The zero-order chi connectivity index (χ0) is 25.8. The second-order valence-electron chi connectivity index (χ2n) is 9.96. The molecule has 0 aliphatic rings. The fourth-order valence-corrected chi connectivity index (χ4v) is 3.96. The molecule has 2 rings (SSSR count). The molecule has 3 N–H and O–H groups in total. The van der Waals surface area contributed by atoms with E-state index in [9.17, 15) is 19.6 Å². The van der Waals surface area contributed by atoms with E-state index >= 15 is 0 Å². The molecule has 0 bridgehead atoms. The van der Waals surface area contributed by atoms with Crippen molar-refractivity contribution in [1.29, 1.82) is 0 Å². The zero-order valence-electron chi connectivity index (χ0n) is 21.1. The number of rotatable bonds is 13. The minimum atomic E-state index is -0.827. The van der Waals surface area contributed by atoms with Crippen LogP contribution in [0.15, 0.2) is 54.9 Å². The minimum Gasteiger partial charge on any atom is -0.343 e. The first kappa shape index (κ1) is 28.0. The maximum Gasteiger partial charge on any atom is 0.247 e. The molecule has 0 saturated heterocycles. The van der Waals surface area contributed by atoms with Crippen LogP contribution in [0.1, 0.15) is 58.9 Å². The van der Waals surface area contributed by atoms with Gasteiger partial charge in [-0.2, -0.15) is 0 Å². The number of carbonyl (C=O) groups excluding carboxylic acids is 3. The van der Waals surface area contributed by atoms with Crippen LogP contribution in [0.3, 0.4) is 0 Å². The SMILES string of the molecule is C[C@@H]([C@@H](CCCCCc1ccccc1)C(=O)N[C@H](C(=O)Nc1cccnc1)C(C)(C)C)N(O)C=O. The maximum absolute atomic E-state index is 13.3. The van der Waals surface area contributed by atoms with E-state index in [1.165, 1.54) is 11.8 Å². The van der Waals surface area contributed by atoms with Crippen molar-refractivity contribution in [3.8, 4) is 0 Å². The summed E-state index contributed by atoms with van der Waals surface area (Å²) in [7, 11) is 0. The lowest BCUT2D eigenvalue weighted by molar-refractivity contribution is -0.166. The molecule has 0 unspecified atom stereocenters. The Hall–Kier alpha value is -3.26. The molecule has 0 aliphatic heterocycles. The van der Waals surface area contributed by atoms with Crippen LogP contribution in [-0.2, 0) is 20.8 Å². The number of aryl methyl sites for hydroxylation is 1. The lowest BCUT2D eigenvalue weighted by Crippen LogP contribution is -2.55. The van der Waals surface area contributed by atoms with Gasteiger partial charge in [-0.25, -0.2) is 5.06 Å². The van der Waals surface area contributed by atoms with Crippen molar-refractivity contribution in [3.05, 3.63) is 60.4 Å². The number of pyridine rings is 1. The fourth-order valence-electron chi connectivity index (χ4n) is 3.96. The first-order valence-corrected chi connectivity index (χ1v) is 12.1. The highest BCUT2D eigenvalue weighted by molar-refractivity contribution is 5.98. The zero-order valence-corrected chi connectivity index (χ0v) is 21.1. The number of nitrogens with one attached hydrogen (secondary N) is 2. The van der Waals surface area contributed by atoms with Gasteiger partial charge in [0, 0.05) is 6.20 Å². The number of unbranched alkanes of at least 4 members (excludes halogenated alkanes) is 2. The van der Waals surface area contributed by atoms with Crippen molar-refractivity contribution in [1.82, 2.24) is 15.4 Å². The third-order valence-corrected chi connectivity index (χ3v) is 6.11. The summed E-state index contributed by atoms with van der Waals surface area (Å²) < 4.78 is 0. The Morgan fingerprint density at radius 1 is 1.06 bits per heavy atom. The lowest BCUT2D eigenvalue weighted by atomic mass is 9.84. The Balaban J connectivity index is 2.04. The van der Waals surface area contributed by atoms with Crippen molar-refractivity contribution in [2.45, 2.75) is 71.9 Å². The molecule has 0 radical (unpaired) electrons. The Kier molecular flexibility index (Phi) is 10.9. The summed E-state index contributed by atoms with van der Waals surface area (Å²) in [6.07, 6.45) is 7.51. The second kappa shape index (κ2) is 13.6. The number of hydrogen-bond acceptors (Lipinski definition) is 5. The standard InChI is InChI=1S/C27H38N4O4/c1-20(31(35)19-32)23(16-10-6-9-14-21-12-7-5-8-13-21)25(33)30-24(27(2,3)4)26(34)29-22-15-11-17-28-18-22/h5,7-8,11-13,15,17-20,23-24,35H,6,9-10,14,16H2,1-4H3,(H,29,34)(H,30,33)/t20-,23+,24+/m0/s1. The molecule has 35 heavy (non-hydrogen) atoms. The molecule has 0 fully saturated rings. The average molecular weight is 483 g/mol. The number of benzene rings is 1. The predicted molar refractivity (Wildman–Crippen MR) is 136 cm³/mol. The first-order chi connectivity index (χ1) is 16.6.